The maximum Gasteiger partial charge on any atom is 0.341 e. The molecule has 1 heterocycles. The number of benzene rings is 2. The monoisotopic (exact) mass is 364 g/mol. The van der Waals surface area contributed by atoms with E-state index >= 15 is 0 Å². The van der Waals surface area contributed by atoms with E-state index in [-0.39, 0.29) is 22.0 Å². The zero-order chi connectivity index (χ0) is 17.3. The molecule has 3 rings (SSSR count). The molecule has 0 saturated carbocycles. The summed E-state index contributed by atoms with van der Waals surface area (Å²) in [5, 5.41) is 9.88. The molecule has 0 saturated heterocycles. The van der Waals surface area contributed by atoms with Crippen LogP contribution in [0.15, 0.2) is 41.3 Å². The topological polar surface area (TPSA) is 106 Å². The Kier molecular flexibility index (Phi) is 4.20. The van der Waals surface area contributed by atoms with Crippen molar-refractivity contribution in [2.24, 2.45) is 0 Å². The number of rotatable bonds is 4. The Hall–Kier alpha value is -2.52. The molecule has 0 unspecified atom stereocenters. The van der Waals surface area contributed by atoms with Crippen LogP contribution in [-0.2, 0) is 20.3 Å². The van der Waals surface area contributed by atoms with Crippen LogP contribution in [0, 0.1) is 0 Å². The van der Waals surface area contributed by atoms with Crippen molar-refractivity contribution in [1.29, 1.82) is 0 Å². The van der Waals surface area contributed by atoms with Crippen molar-refractivity contribution < 1.29 is 23.1 Å². The van der Waals surface area contributed by atoms with Gasteiger partial charge in [-0.3, -0.25) is 0 Å². The molecule has 2 aromatic carbocycles. The molecule has 0 spiro atoms. The number of carbonyl (C=O) groups excluding carboxylic acids is 1. The van der Waals surface area contributed by atoms with Crippen LogP contribution >= 0.6 is 11.7 Å². The summed E-state index contributed by atoms with van der Waals surface area (Å²) in [6, 6.07) is 8.80. The van der Waals surface area contributed by atoms with Gasteiger partial charge in [0.15, 0.2) is 9.84 Å². The highest BCUT2D eigenvalue weighted by Gasteiger charge is 2.21. The highest BCUT2D eigenvalue weighted by molar-refractivity contribution is 7.90. The van der Waals surface area contributed by atoms with Crippen molar-refractivity contribution in [3.05, 3.63) is 47.5 Å². The van der Waals surface area contributed by atoms with Crippen molar-refractivity contribution >= 4 is 38.6 Å². The van der Waals surface area contributed by atoms with E-state index in [0.717, 1.165) is 11.7 Å². The third-order valence-corrected chi connectivity index (χ3v) is 5.66. The first-order chi connectivity index (χ1) is 11.4. The van der Waals surface area contributed by atoms with Crippen LogP contribution in [0.1, 0.15) is 15.9 Å². The lowest BCUT2D eigenvalue weighted by Gasteiger charge is -2.08. The van der Waals surface area contributed by atoms with Gasteiger partial charge in [-0.15, -0.1) is 0 Å². The van der Waals surface area contributed by atoms with E-state index in [0.29, 0.717) is 16.6 Å². The second-order valence-corrected chi connectivity index (χ2v) is 7.48. The maximum atomic E-state index is 12.7. The van der Waals surface area contributed by atoms with Crippen LogP contribution in [0.2, 0.25) is 0 Å². The van der Waals surface area contributed by atoms with Gasteiger partial charge in [0.05, 0.1) is 29.5 Å². The van der Waals surface area contributed by atoms with Crippen LogP contribution in [0.25, 0.3) is 11.0 Å². The molecule has 0 aliphatic rings. The third kappa shape index (κ3) is 2.95. The normalized spacial score (nSPS) is 11.5. The Balaban J connectivity index is 1.97. The summed E-state index contributed by atoms with van der Waals surface area (Å²) in [7, 11) is -2.49. The van der Waals surface area contributed by atoms with Crippen LogP contribution in [-0.4, -0.2) is 35.4 Å². The highest BCUT2D eigenvalue weighted by Crippen LogP contribution is 2.26. The molecule has 0 amide bonds. The van der Waals surface area contributed by atoms with Gasteiger partial charge in [-0.25, -0.2) is 13.2 Å². The Morgan fingerprint density at radius 2 is 2.04 bits per heavy atom. The van der Waals surface area contributed by atoms with Crippen molar-refractivity contribution in [2.45, 2.75) is 10.6 Å². The van der Waals surface area contributed by atoms with E-state index in [1.54, 1.807) is 12.1 Å². The molecular formula is C15H12N2O5S2. The third-order valence-electron chi connectivity index (χ3n) is 3.41. The van der Waals surface area contributed by atoms with Crippen molar-refractivity contribution in [3.63, 3.8) is 0 Å². The second-order valence-electron chi connectivity index (χ2n) is 4.99. The SMILES string of the molecule is COC(=O)c1ccc(CS(=O)(=O)c2cccc3nsnc23)cc1O. The fourth-order valence-corrected chi connectivity index (χ4v) is 4.39. The number of fused-ring (bicyclic) bond motifs is 1. The number of aromatic hydroxyl groups is 1. The number of methoxy groups -OCH3 is 1. The Morgan fingerprint density at radius 1 is 1.25 bits per heavy atom. The number of sulfone groups is 1. The summed E-state index contributed by atoms with van der Waals surface area (Å²) in [6.45, 7) is 0. The lowest BCUT2D eigenvalue weighted by molar-refractivity contribution is 0.0597. The molecule has 0 fully saturated rings. The Labute approximate surface area is 141 Å². The molecule has 0 radical (unpaired) electrons. The first-order valence-electron chi connectivity index (χ1n) is 6.76. The van der Waals surface area contributed by atoms with Crippen LogP contribution < -0.4 is 0 Å². The van der Waals surface area contributed by atoms with E-state index in [1.165, 1.54) is 31.4 Å². The number of esters is 1. The standard InChI is InChI=1S/C15H12N2O5S2/c1-22-15(19)10-6-5-9(7-12(10)18)8-24(20,21)13-4-2-3-11-14(13)17-23-16-11/h2-7,18H,8H2,1H3. The van der Waals surface area contributed by atoms with Crippen molar-refractivity contribution in [2.75, 3.05) is 7.11 Å². The number of hydrogen-bond acceptors (Lipinski definition) is 8. The summed E-state index contributed by atoms with van der Waals surface area (Å²) in [5.41, 5.74) is 1.17. The van der Waals surface area contributed by atoms with E-state index in [1.807, 2.05) is 0 Å². The van der Waals surface area contributed by atoms with E-state index in [2.05, 4.69) is 13.5 Å². The number of phenols is 1. The molecule has 124 valence electrons. The molecule has 0 atom stereocenters. The molecule has 0 aliphatic heterocycles. The fourth-order valence-electron chi connectivity index (χ4n) is 2.28. The lowest BCUT2D eigenvalue weighted by Crippen LogP contribution is -2.07. The van der Waals surface area contributed by atoms with Gasteiger partial charge in [-0.1, -0.05) is 12.1 Å². The maximum absolute atomic E-state index is 12.7. The average Bonchev–Trinajstić information content (AvgIpc) is 3.02. The summed E-state index contributed by atoms with van der Waals surface area (Å²) >= 11 is 0.944. The lowest BCUT2D eigenvalue weighted by atomic mass is 10.1. The minimum Gasteiger partial charge on any atom is -0.507 e. The van der Waals surface area contributed by atoms with Gasteiger partial charge < -0.3 is 9.84 Å². The predicted molar refractivity (Wildman–Crippen MR) is 87.8 cm³/mol. The van der Waals surface area contributed by atoms with Gasteiger partial charge in [-0.2, -0.15) is 8.75 Å². The summed E-state index contributed by atoms with van der Waals surface area (Å²) < 4.78 is 37.9. The Bertz CT molecular complexity index is 1030. The molecule has 7 nitrogen and oxygen atoms in total. The number of nitrogens with zero attached hydrogens (tertiary/aromatic N) is 2. The average molecular weight is 364 g/mol. The molecule has 0 bridgehead atoms. The zero-order valence-corrected chi connectivity index (χ0v) is 14.1. The molecule has 0 aliphatic carbocycles. The van der Waals surface area contributed by atoms with E-state index < -0.39 is 15.8 Å². The number of phenolic OH excluding ortho intramolecular Hbond substituents is 1. The molecular weight excluding hydrogens is 352 g/mol. The minimum atomic E-state index is -3.69. The molecule has 1 N–H and O–H groups in total. The minimum absolute atomic E-state index is 0.0237. The smallest absolute Gasteiger partial charge is 0.341 e. The fraction of sp³-hybridized carbons (Fsp3) is 0.133. The van der Waals surface area contributed by atoms with Crippen molar-refractivity contribution in [1.82, 2.24) is 8.75 Å². The van der Waals surface area contributed by atoms with Gasteiger partial charge in [0.1, 0.15) is 22.3 Å². The number of ether oxygens (including phenoxy) is 1. The van der Waals surface area contributed by atoms with Gasteiger partial charge in [0.25, 0.3) is 0 Å². The van der Waals surface area contributed by atoms with Crippen molar-refractivity contribution in [3.8, 4) is 5.75 Å². The number of aromatic nitrogens is 2. The van der Waals surface area contributed by atoms with Gasteiger partial charge in [0.2, 0.25) is 0 Å². The highest BCUT2D eigenvalue weighted by atomic mass is 32.2. The summed E-state index contributed by atoms with van der Waals surface area (Å²) in [5.74, 6) is -1.36. The summed E-state index contributed by atoms with van der Waals surface area (Å²) in [6.07, 6.45) is 0. The van der Waals surface area contributed by atoms with Crippen LogP contribution in [0.4, 0.5) is 0 Å². The van der Waals surface area contributed by atoms with Gasteiger partial charge in [-0.05, 0) is 29.8 Å². The van der Waals surface area contributed by atoms with E-state index in [9.17, 15) is 18.3 Å². The second kappa shape index (κ2) is 6.17. The van der Waals surface area contributed by atoms with Crippen LogP contribution in [0.5, 0.6) is 5.75 Å². The number of hydrogen-bond donors (Lipinski definition) is 1. The molecule has 9 heteroatoms. The molecule has 24 heavy (non-hydrogen) atoms. The quantitative estimate of drug-likeness (QED) is 0.707. The molecule has 1 aromatic heterocycles. The first kappa shape index (κ1) is 16.3. The van der Waals surface area contributed by atoms with Gasteiger partial charge in [0, 0.05) is 0 Å². The largest absolute Gasteiger partial charge is 0.507 e. The molecule has 3 aromatic rings. The summed E-state index contributed by atoms with van der Waals surface area (Å²) in [4.78, 5) is 11.5. The number of carbonyl (C=O) groups is 1. The predicted octanol–water partition coefficient (Wildman–Crippen LogP) is 2.16. The van der Waals surface area contributed by atoms with Gasteiger partial charge >= 0.3 is 5.97 Å². The van der Waals surface area contributed by atoms with Crippen LogP contribution in [0.3, 0.4) is 0 Å². The first-order valence-corrected chi connectivity index (χ1v) is 9.15. The zero-order valence-electron chi connectivity index (χ0n) is 12.5. The van der Waals surface area contributed by atoms with E-state index in [4.69, 9.17) is 0 Å². The Morgan fingerprint density at radius 3 is 2.75 bits per heavy atom.